The molecule has 0 saturated heterocycles. The smallest absolute Gasteiger partial charge is 0.164 e. The number of benzene rings is 1. The van der Waals surface area contributed by atoms with Gasteiger partial charge in [-0.25, -0.2) is 9.67 Å². The SMILES string of the molecule is CCC(=O)c1ccccc1-n1nc(C)c(Cc2c[nH]c3ncccc23)c1C. The molecule has 5 heteroatoms. The standard InChI is InChI=1S/C22H22N4O/c1-4-21(27)18-8-5-6-10-20(18)26-15(3)19(14(2)25-26)12-16-13-24-22-17(16)9-7-11-23-22/h5-11,13H,4,12H2,1-3H3,(H,23,24). The van der Waals surface area contributed by atoms with Crippen molar-refractivity contribution in [1.82, 2.24) is 19.7 Å². The molecule has 0 spiro atoms. The molecule has 0 radical (unpaired) electrons. The number of aryl methyl sites for hydroxylation is 1. The van der Waals surface area contributed by atoms with Crippen molar-refractivity contribution in [2.45, 2.75) is 33.6 Å². The fourth-order valence-corrected chi connectivity index (χ4v) is 3.60. The van der Waals surface area contributed by atoms with Crippen LogP contribution in [0.25, 0.3) is 16.7 Å². The van der Waals surface area contributed by atoms with E-state index < -0.39 is 0 Å². The van der Waals surface area contributed by atoms with E-state index in [0.717, 1.165) is 34.5 Å². The highest BCUT2D eigenvalue weighted by atomic mass is 16.1. The van der Waals surface area contributed by atoms with E-state index in [-0.39, 0.29) is 5.78 Å². The molecule has 0 aliphatic carbocycles. The Balaban J connectivity index is 1.78. The second-order valence-electron chi connectivity index (χ2n) is 6.75. The number of hydrogen-bond donors (Lipinski definition) is 1. The lowest BCUT2D eigenvalue weighted by molar-refractivity contribution is 0.0988. The summed E-state index contributed by atoms with van der Waals surface area (Å²) in [5, 5.41) is 5.89. The van der Waals surface area contributed by atoms with Crippen molar-refractivity contribution in [1.29, 1.82) is 0 Å². The van der Waals surface area contributed by atoms with Gasteiger partial charge in [0.1, 0.15) is 5.65 Å². The van der Waals surface area contributed by atoms with Gasteiger partial charge >= 0.3 is 0 Å². The third-order valence-electron chi connectivity index (χ3n) is 5.10. The second kappa shape index (κ2) is 6.83. The van der Waals surface area contributed by atoms with Gasteiger partial charge in [0.15, 0.2) is 5.78 Å². The van der Waals surface area contributed by atoms with E-state index in [4.69, 9.17) is 5.10 Å². The topological polar surface area (TPSA) is 63.6 Å². The zero-order valence-electron chi connectivity index (χ0n) is 15.8. The number of ketones is 1. The van der Waals surface area contributed by atoms with Crippen LogP contribution in [0.5, 0.6) is 0 Å². The molecule has 5 nitrogen and oxygen atoms in total. The number of aromatic nitrogens is 4. The predicted octanol–water partition coefficient (Wildman–Crippen LogP) is 4.55. The molecule has 0 aliphatic rings. The Morgan fingerprint density at radius 3 is 2.78 bits per heavy atom. The largest absolute Gasteiger partial charge is 0.346 e. The quantitative estimate of drug-likeness (QED) is 0.532. The van der Waals surface area contributed by atoms with Gasteiger partial charge in [-0.1, -0.05) is 19.1 Å². The number of H-pyrrole nitrogens is 1. The van der Waals surface area contributed by atoms with Crippen molar-refractivity contribution in [3.63, 3.8) is 0 Å². The summed E-state index contributed by atoms with van der Waals surface area (Å²) in [5.74, 6) is 0.127. The lowest BCUT2D eigenvalue weighted by atomic mass is 10.0. The molecule has 0 atom stereocenters. The predicted molar refractivity (Wildman–Crippen MR) is 107 cm³/mol. The highest BCUT2D eigenvalue weighted by Gasteiger charge is 2.18. The van der Waals surface area contributed by atoms with Crippen LogP contribution in [-0.2, 0) is 6.42 Å². The Morgan fingerprint density at radius 1 is 1.15 bits per heavy atom. The Morgan fingerprint density at radius 2 is 1.96 bits per heavy atom. The number of fused-ring (bicyclic) bond motifs is 1. The third-order valence-corrected chi connectivity index (χ3v) is 5.10. The van der Waals surface area contributed by atoms with Crippen LogP contribution >= 0.6 is 0 Å². The van der Waals surface area contributed by atoms with E-state index in [1.807, 2.05) is 55.1 Å². The number of nitrogens with zero attached hydrogens (tertiary/aromatic N) is 3. The molecule has 3 heterocycles. The van der Waals surface area contributed by atoms with E-state index in [1.165, 1.54) is 11.1 Å². The van der Waals surface area contributed by atoms with Crippen LogP contribution in [-0.4, -0.2) is 25.5 Å². The van der Waals surface area contributed by atoms with E-state index in [2.05, 4.69) is 23.0 Å². The molecular formula is C22H22N4O. The normalized spacial score (nSPS) is 11.2. The molecule has 1 N–H and O–H groups in total. The zero-order valence-corrected chi connectivity index (χ0v) is 15.8. The fourth-order valence-electron chi connectivity index (χ4n) is 3.60. The average Bonchev–Trinajstić information content (AvgIpc) is 3.23. The number of para-hydroxylation sites is 1. The van der Waals surface area contributed by atoms with Crippen LogP contribution in [0.2, 0.25) is 0 Å². The average molecular weight is 358 g/mol. The molecule has 0 amide bonds. The van der Waals surface area contributed by atoms with E-state index in [0.29, 0.717) is 12.0 Å². The summed E-state index contributed by atoms with van der Waals surface area (Å²) in [4.78, 5) is 20.0. The summed E-state index contributed by atoms with van der Waals surface area (Å²) >= 11 is 0. The van der Waals surface area contributed by atoms with Gasteiger partial charge in [0.25, 0.3) is 0 Å². The summed E-state index contributed by atoms with van der Waals surface area (Å²) < 4.78 is 1.90. The molecule has 3 aromatic heterocycles. The lowest BCUT2D eigenvalue weighted by Gasteiger charge is -2.10. The van der Waals surface area contributed by atoms with Crippen molar-refractivity contribution < 1.29 is 4.79 Å². The number of pyridine rings is 1. The molecule has 27 heavy (non-hydrogen) atoms. The monoisotopic (exact) mass is 358 g/mol. The first-order valence-corrected chi connectivity index (χ1v) is 9.18. The van der Waals surface area contributed by atoms with Crippen LogP contribution in [0.3, 0.4) is 0 Å². The number of carbonyl (C=O) groups excluding carboxylic acids is 1. The second-order valence-corrected chi connectivity index (χ2v) is 6.75. The van der Waals surface area contributed by atoms with Crippen molar-refractivity contribution >= 4 is 16.8 Å². The van der Waals surface area contributed by atoms with Crippen molar-refractivity contribution in [2.75, 3.05) is 0 Å². The van der Waals surface area contributed by atoms with Crippen molar-refractivity contribution in [3.8, 4) is 5.69 Å². The molecule has 1 aromatic carbocycles. The first-order valence-electron chi connectivity index (χ1n) is 9.18. The van der Waals surface area contributed by atoms with Crippen LogP contribution in [0.4, 0.5) is 0 Å². The van der Waals surface area contributed by atoms with Gasteiger partial charge in [-0.05, 0) is 43.7 Å². The maximum Gasteiger partial charge on any atom is 0.164 e. The Labute approximate surface area is 158 Å². The summed E-state index contributed by atoms with van der Waals surface area (Å²) in [6, 6.07) is 11.7. The van der Waals surface area contributed by atoms with Gasteiger partial charge in [0.2, 0.25) is 0 Å². The molecule has 4 rings (SSSR count). The number of rotatable bonds is 5. The summed E-state index contributed by atoms with van der Waals surface area (Å²) in [6.45, 7) is 5.97. The van der Waals surface area contributed by atoms with Gasteiger partial charge < -0.3 is 4.98 Å². The number of aromatic amines is 1. The van der Waals surface area contributed by atoms with Gasteiger partial charge in [-0.15, -0.1) is 0 Å². The van der Waals surface area contributed by atoms with E-state index in [1.54, 1.807) is 6.20 Å². The Bertz CT molecular complexity index is 1140. The maximum absolute atomic E-state index is 12.4. The third kappa shape index (κ3) is 2.95. The van der Waals surface area contributed by atoms with Gasteiger partial charge in [0.05, 0.1) is 11.4 Å². The first kappa shape index (κ1) is 17.2. The lowest BCUT2D eigenvalue weighted by Crippen LogP contribution is -2.08. The molecule has 0 saturated carbocycles. The maximum atomic E-state index is 12.4. The molecule has 0 bridgehead atoms. The van der Waals surface area contributed by atoms with Crippen molar-refractivity contribution in [2.24, 2.45) is 0 Å². The minimum atomic E-state index is 0.127. The van der Waals surface area contributed by atoms with Crippen LogP contribution in [0.1, 0.15) is 46.2 Å². The molecular weight excluding hydrogens is 336 g/mol. The van der Waals surface area contributed by atoms with E-state index in [9.17, 15) is 4.79 Å². The summed E-state index contributed by atoms with van der Waals surface area (Å²) in [5.41, 5.74) is 6.87. The Hall–Kier alpha value is -3.21. The molecule has 0 unspecified atom stereocenters. The minimum absolute atomic E-state index is 0.127. The van der Waals surface area contributed by atoms with Crippen LogP contribution in [0.15, 0.2) is 48.8 Å². The number of carbonyl (C=O) groups is 1. The Kier molecular flexibility index (Phi) is 4.36. The van der Waals surface area contributed by atoms with E-state index >= 15 is 0 Å². The fraction of sp³-hybridized carbons (Fsp3) is 0.227. The zero-order chi connectivity index (χ0) is 19.0. The highest BCUT2D eigenvalue weighted by Crippen LogP contribution is 2.26. The summed E-state index contributed by atoms with van der Waals surface area (Å²) in [6.07, 6.45) is 5.06. The molecule has 4 aromatic rings. The van der Waals surface area contributed by atoms with Gasteiger partial charge in [-0.2, -0.15) is 5.10 Å². The molecule has 136 valence electrons. The molecule has 0 fully saturated rings. The number of nitrogens with one attached hydrogen (secondary N) is 1. The van der Waals surface area contributed by atoms with Gasteiger partial charge in [-0.3, -0.25) is 4.79 Å². The van der Waals surface area contributed by atoms with Crippen LogP contribution in [0, 0.1) is 13.8 Å². The first-order chi connectivity index (χ1) is 13.1. The number of Topliss-reactive ketones (excluding diaryl/α,β-unsaturated/α-hetero) is 1. The summed E-state index contributed by atoms with van der Waals surface area (Å²) in [7, 11) is 0. The molecule has 0 aliphatic heterocycles. The van der Waals surface area contributed by atoms with Gasteiger partial charge in [0, 0.05) is 47.4 Å². The highest BCUT2D eigenvalue weighted by molar-refractivity contribution is 5.99. The van der Waals surface area contributed by atoms with Crippen molar-refractivity contribution in [3.05, 3.63) is 76.9 Å². The number of hydrogen-bond acceptors (Lipinski definition) is 3. The minimum Gasteiger partial charge on any atom is -0.346 e. The van der Waals surface area contributed by atoms with Crippen LogP contribution < -0.4 is 0 Å².